The molecule has 0 fully saturated rings. The number of ether oxygens (including phenoxy) is 1. The van der Waals surface area contributed by atoms with E-state index in [1.54, 1.807) is 7.11 Å². The van der Waals surface area contributed by atoms with Crippen LogP contribution < -0.4 is 10.1 Å². The van der Waals surface area contributed by atoms with Crippen LogP contribution in [0.3, 0.4) is 0 Å². The Bertz CT molecular complexity index is 556. The number of halogens is 1. The van der Waals surface area contributed by atoms with Crippen molar-refractivity contribution < 1.29 is 4.74 Å². The molecular formula is C18H22BrNO. The van der Waals surface area contributed by atoms with E-state index in [0.29, 0.717) is 6.04 Å². The second-order valence-electron chi connectivity index (χ2n) is 5.11. The first-order valence-corrected chi connectivity index (χ1v) is 8.08. The fourth-order valence-electron chi connectivity index (χ4n) is 2.58. The standard InChI is InChI=1S/C18H22BrNO/c1-20-17(10-6-9-14-7-4-3-5-8-14)16-12-11-15(19)13-18(16)21-2/h3-5,7-8,11-13,17,20H,6,9-10H2,1-2H3. The van der Waals surface area contributed by atoms with Crippen LogP contribution in [-0.2, 0) is 6.42 Å². The van der Waals surface area contributed by atoms with Crippen LogP contribution in [0.2, 0.25) is 0 Å². The summed E-state index contributed by atoms with van der Waals surface area (Å²) >= 11 is 3.49. The van der Waals surface area contributed by atoms with Gasteiger partial charge < -0.3 is 10.1 Å². The van der Waals surface area contributed by atoms with Crippen LogP contribution in [0.15, 0.2) is 53.0 Å². The number of hydrogen-bond donors (Lipinski definition) is 1. The van der Waals surface area contributed by atoms with Crippen molar-refractivity contribution in [2.75, 3.05) is 14.2 Å². The van der Waals surface area contributed by atoms with Gasteiger partial charge in [0.25, 0.3) is 0 Å². The van der Waals surface area contributed by atoms with Crippen molar-refractivity contribution in [2.24, 2.45) is 0 Å². The van der Waals surface area contributed by atoms with Gasteiger partial charge >= 0.3 is 0 Å². The molecular weight excluding hydrogens is 326 g/mol. The lowest BCUT2D eigenvalue weighted by molar-refractivity contribution is 0.397. The SMILES string of the molecule is CNC(CCCc1ccccc1)c1ccc(Br)cc1OC. The first-order chi connectivity index (χ1) is 10.2. The largest absolute Gasteiger partial charge is 0.496 e. The second-order valence-corrected chi connectivity index (χ2v) is 6.02. The highest BCUT2D eigenvalue weighted by molar-refractivity contribution is 9.10. The minimum Gasteiger partial charge on any atom is -0.496 e. The summed E-state index contributed by atoms with van der Waals surface area (Å²) in [5.41, 5.74) is 2.62. The molecule has 0 aliphatic rings. The highest BCUT2D eigenvalue weighted by Gasteiger charge is 2.14. The lowest BCUT2D eigenvalue weighted by Crippen LogP contribution is -2.17. The van der Waals surface area contributed by atoms with E-state index >= 15 is 0 Å². The second kappa shape index (κ2) is 8.20. The Morgan fingerprint density at radius 3 is 2.57 bits per heavy atom. The van der Waals surface area contributed by atoms with Crippen molar-refractivity contribution in [3.63, 3.8) is 0 Å². The third kappa shape index (κ3) is 4.58. The molecule has 0 saturated carbocycles. The van der Waals surface area contributed by atoms with Gasteiger partial charge in [0, 0.05) is 16.1 Å². The molecule has 1 atom stereocenters. The Hall–Kier alpha value is -1.32. The van der Waals surface area contributed by atoms with Gasteiger partial charge in [-0.3, -0.25) is 0 Å². The lowest BCUT2D eigenvalue weighted by Gasteiger charge is -2.19. The lowest BCUT2D eigenvalue weighted by atomic mass is 9.98. The average Bonchev–Trinajstić information content (AvgIpc) is 2.53. The topological polar surface area (TPSA) is 21.3 Å². The minimum atomic E-state index is 0.316. The van der Waals surface area contributed by atoms with Gasteiger partial charge in [0.05, 0.1) is 7.11 Å². The first-order valence-electron chi connectivity index (χ1n) is 7.29. The number of nitrogens with one attached hydrogen (secondary N) is 1. The van der Waals surface area contributed by atoms with Crippen LogP contribution in [0, 0.1) is 0 Å². The van der Waals surface area contributed by atoms with E-state index in [1.165, 1.54) is 11.1 Å². The number of hydrogen-bond acceptors (Lipinski definition) is 2. The summed E-state index contributed by atoms with van der Waals surface area (Å²) in [5.74, 6) is 0.934. The van der Waals surface area contributed by atoms with Gasteiger partial charge in [-0.05, 0) is 44.0 Å². The minimum absolute atomic E-state index is 0.316. The van der Waals surface area contributed by atoms with E-state index in [2.05, 4.69) is 63.7 Å². The number of rotatable bonds is 7. The maximum atomic E-state index is 5.50. The monoisotopic (exact) mass is 347 g/mol. The molecule has 0 heterocycles. The normalized spacial score (nSPS) is 12.1. The molecule has 21 heavy (non-hydrogen) atoms. The summed E-state index contributed by atoms with van der Waals surface area (Å²) in [6.45, 7) is 0. The summed E-state index contributed by atoms with van der Waals surface area (Å²) in [5, 5.41) is 3.40. The summed E-state index contributed by atoms with van der Waals surface area (Å²) in [4.78, 5) is 0. The number of benzene rings is 2. The summed E-state index contributed by atoms with van der Waals surface area (Å²) < 4.78 is 6.55. The van der Waals surface area contributed by atoms with Crippen molar-refractivity contribution in [2.45, 2.75) is 25.3 Å². The molecule has 2 nitrogen and oxygen atoms in total. The molecule has 0 aliphatic carbocycles. The summed E-state index contributed by atoms with van der Waals surface area (Å²) in [6.07, 6.45) is 3.34. The van der Waals surface area contributed by atoms with Crippen molar-refractivity contribution in [3.8, 4) is 5.75 Å². The fraction of sp³-hybridized carbons (Fsp3) is 0.333. The maximum Gasteiger partial charge on any atom is 0.124 e. The molecule has 112 valence electrons. The number of methoxy groups -OCH3 is 1. The van der Waals surface area contributed by atoms with Crippen LogP contribution in [0.1, 0.15) is 30.0 Å². The highest BCUT2D eigenvalue weighted by atomic mass is 79.9. The fourth-order valence-corrected chi connectivity index (χ4v) is 2.92. The van der Waals surface area contributed by atoms with Gasteiger partial charge in [0.15, 0.2) is 0 Å². The van der Waals surface area contributed by atoms with Gasteiger partial charge in [0.1, 0.15) is 5.75 Å². The molecule has 0 amide bonds. The van der Waals surface area contributed by atoms with Crippen molar-refractivity contribution >= 4 is 15.9 Å². The Morgan fingerprint density at radius 1 is 1.14 bits per heavy atom. The van der Waals surface area contributed by atoms with Crippen LogP contribution in [-0.4, -0.2) is 14.2 Å². The molecule has 0 bridgehead atoms. The molecule has 2 aromatic rings. The molecule has 2 aromatic carbocycles. The van der Waals surface area contributed by atoms with E-state index in [4.69, 9.17) is 4.74 Å². The van der Waals surface area contributed by atoms with E-state index in [9.17, 15) is 0 Å². The first kappa shape index (κ1) is 16.1. The highest BCUT2D eigenvalue weighted by Crippen LogP contribution is 2.31. The molecule has 0 radical (unpaired) electrons. The molecule has 0 aliphatic heterocycles. The van der Waals surface area contributed by atoms with Crippen LogP contribution >= 0.6 is 15.9 Å². The van der Waals surface area contributed by atoms with Crippen LogP contribution in [0.25, 0.3) is 0 Å². The smallest absolute Gasteiger partial charge is 0.124 e. The van der Waals surface area contributed by atoms with Crippen LogP contribution in [0.4, 0.5) is 0 Å². The predicted molar refractivity (Wildman–Crippen MR) is 91.9 cm³/mol. The third-order valence-corrected chi connectivity index (χ3v) is 4.21. The summed E-state index contributed by atoms with van der Waals surface area (Å²) in [7, 11) is 3.73. The van der Waals surface area contributed by atoms with E-state index in [-0.39, 0.29) is 0 Å². The molecule has 1 N–H and O–H groups in total. The third-order valence-electron chi connectivity index (χ3n) is 3.72. The van der Waals surface area contributed by atoms with Crippen molar-refractivity contribution in [1.29, 1.82) is 0 Å². The predicted octanol–water partition coefficient (Wildman–Crippen LogP) is 4.74. The Kier molecular flexibility index (Phi) is 6.27. The van der Waals surface area contributed by atoms with Crippen LogP contribution in [0.5, 0.6) is 5.75 Å². The molecule has 0 spiro atoms. The Balaban J connectivity index is 2.00. The van der Waals surface area contributed by atoms with E-state index in [1.807, 2.05) is 13.1 Å². The quantitative estimate of drug-likeness (QED) is 0.780. The Labute approximate surface area is 135 Å². The maximum absolute atomic E-state index is 5.50. The van der Waals surface area contributed by atoms with Gasteiger partial charge in [0.2, 0.25) is 0 Å². The molecule has 0 aromatic heterocycles. The zero-order valence-corrected chi connectivity index (χ0v) is 14.2. The zero-order chi connectivity index (χ0) is 15.1. The zero-order valence-electron chi connectivity index (χ0n) is 12.6. The Morgan fingerprint density at radius 2 is 1.90 bits per heavy atom. The van der Waals surface area contributed by atoms with Crippen molar-refractivity contribution in [3.05, 3.63) is 64.1 Å². The van der Waals surface area contributed by atoms with E-state index in [0.717, 1.165) is 29.5 Å². The van der Waals surface area contributed by atoms with Gasteiger partial charge in [-0.25, -0.2) is 0 Å². The van der Waals surface area contributed by atoms with Gasteiger partial charge in [-0.2, -0.15) is 0 Å². The number of aryl methyl sites for hydroxylation is 1. The molecule has 3 heteroatoms. The van der Waals surface area contributed by atoms with E-state index < -0.39 is 0 Å². The van der Waals surface area contributed by atoms with Crippen molar-refractivity contribution in [1.82, 2.24) is 5.32 Å². The summed E-state index contributed by atoms with van der Waals surface area (Å²) in [6, 6.07) is 17.2. The molecule has 2 rings (SSSR count). The van der Waals surface area contributed by atoms with Gasteiger partial charge in [-0.15, -0.1) is 0 Å². The molecule has 1 unspecified atom stereocenters. The molecule has 0 saturated heterocycles. The van der Waals surface area contributed by atoms with Gasteiger partial charge in [-0.1, -0.05) is 52.3 Å². The average molecular weight is 348 g/mol.